The molecule has 0 amide bonds. The Morgan fingerprint density at radius 1 is 1.44 bits per heavy atom. The summed E-state index contributed by atoms with van der Waals surface area (Å²) in [6.07, 6.45) is 1.83. The second-order valence-corrected chi connectivity index (χ2v) is 7.29. The maximum absolute atomic E-state index is 4.60. The smallest absolute Gasteiger partial charge is 0.224 e. The average Bonchev–Trinajstić information content (AvgIpc) is 2.30. The van der Waals surface area contributed by atoms with Crippen LogP contribution in [0.4, 0.5) is 11.8 Å². The standard InChI is InChI=1S/C12H19BrN4S/c1-4-14-12-15-5-10(13)11(16-12)17-6-8(2)18-9(3)7-17/h5,8-9H,4,6-7H2,1-3H3,(H,14,15,16). The van der Waals surface area contributed by atoms with Crippen molar-refractivity contribution in [3.63, 3.8) is 0 Å². The predicted octanol–water partition coefficient (Wildman–Crippen LogP) is 3.00. The number of rotatable bonds is 3. The van der Waals surface area contributed by atoms with Crippen LogP contribution in [0.15, 0.2) is 10.7 Å². The van der Waals surface area contributed by atoms with Gasteiger partial charge in [-0.1, -0.05) is 13.8 Å². The molecule has 1 aromatic heterocycles. The fourth-order valence-electron chi connectivity index (χ4n) is 2.17. The van der Waals surface area contributed by atoms with Gasteiger partial charge in [-0.3, -0.25) is 0 Å². The number of anilines is 2. The lowest BCUT2D eigenvalue weighted by Crippen LogP contribution is -2.41. The van der Waals surface area contributed by atoms with Crippen molar-refractivity contribution in [1.29, 1.82) is 0 Å². The fourth-order valence-corrected chi connectivity index (χ4v) is 3.94. The molecule has 18 heavy (non-hydrogen) atoms. The van der Waals surface area contributed by atoms with E-state index in [1.54, 1.807) is 0 Å². The molecule has 6 heteroatoms. The highest BCUT2D eigenvalue weighted by atomic mass is 79.9. The largest absolute Gasteiger partial charge is 0.354 e. The van der Waals surface area contributed by atoms with Crippen LogP contribution in [0.2, 0.25) is 0 Å². The van der Waals surface area contributed by atoms with E-state index in [0.717, 1.165) is 29.9 Å². The zero-order valence-corrected chi connectivity index (χ0v) is 13.4. The van der Waals surface area contributed by atoms with E-state index in [1.165, 1.54) is 0 Å². The van der Waals surface area contributed by atoms with Crippen molar-refractivity contribution >= 4 is 39.5 Å². The molecule has 2 unspecified atom stereocenters. The maximum atomic E-state index is 4.60. The van der Waals surface area contributed by atoms with Crippen LogP contribution in [-0.2, 0) is 0 Å². The molecule has 1 aromatic rings. The molecule has 0 radical (unpaired) electrons. The number of thioether (sulfide) groups is 1. The van der Waals surface area contributed by atoms with Crippen molar-refractivity contribution in [1.82, 2.24) is 9.97 Å². The Bertz CT molecular complexity index is 405. The molecule has 4 nitrogen and oxygen atoms in total. The number of nitrogens with one attached hydrogen (secondary N) is 1. The van der Waals surface area contributed by atoms with Gasteiger partial charge in [0.1, 0.15) is 5.82 Å². The maximum Gasteiger partial charge on any atom is 0.224 e. The van der Waals surface area contributed by atoms with Crippen LogP contribution in [0.25, 0.3) is 0 Å². The molecule has 2 atom stereocenters. The summed E-state index contributed by atoms with van der Waals surface area (Å²) < 4.78 is 0.968. The summed E-state index contributed by atoms with van der Waals surface area (Å²) in [6, 6.07) is 0. The van der Waals surface area contributed by atoms with E-state index < -0.39 is 0 Å². The van der Waals surface area contributed by atoms with E-state index in [2.05, 4.69) is 50.0 Å². The summed E-state index contributed by atoms with van der Waals surface area (Å²) in [4.78, 5) is 11.2. The van der Waals surface area contributed by atoms with Gasteiger partial charge in [-0.2, -0.15) is 16.7 Å². The molecule has 0 spiro atoms. The van der Waals surface area contributed by atoms with Gasteiger partial charge in [0.05, 0.1) is 4.47 Å². The second kappa shape index (κ2) is 6.10. The van der Waals surface area contributed by atoms with Crippen LogP contribution in [0, 0.1) is 0 Å². The van der Waals surface area contributed by atoms with Gasteiger partial charge in [0.2, 0.25) is 5.95 Å². The molecule has 1 aliphatic heterocycles. The SMILES string of the molecule is CCNc1ncc(Br)c(N2CC(C)SC(C)C2)n1. The second-order valence-electron chi connectivity index (χ2n) is 4.56. The Labute approximate surface area is 121 Å². The van der Waals surface area contributed by atoms with Gasteiger partial charge in [0, 0.05) is 36.3 Å². The number of aromatic nitrogens is 2. The number of hydrogen-bond donors (Lipinski definition) is 1. The molecule has 0 bridgehead atoms. The number of nitrogens with zero attached hydrogens (tertiary/aromatic N) is 3. The van der Waals surface area contributed by atoms with Crippen molar-refractivity contribution in [3.05, 3.63) is 10.7 Å². The molecule has 0 aromatic carbocycles. The van der Waals surface area contributed by atoms with Crippen molar-refractivity contribution in [3.8, 4) is 0 Å². The van der Waals surface area contributed by atoms with Crippen LogP contribution in [0.3, 0.4) is 0 Å². The summed E-state index contributed by atoms with van der Waals surface area (Å²) in [7, 11) is 0. The van der Waals surface area contributed by atoms with Gasteiger partial charge in [-0.05, 0) is 22.9 Å². The summed E-state index contributed by atoms with van der Waals surface area (Å²) in [5.74, 6) is 1.70. The third-order valence-corrected chi connectivity index (χ3v) is 4.57. The molecule has 1 N–H and O–H groups in total. The molecule has 1 saturated heterocycles. The zero-order chi connectivity index (χ0) is 13.1. The first kappa shape index (κ1) is 13.9. The lowest BCUT2D eigenvalue weighted by atomic mass is 10.3. The molecule has 0 saturated carbocycles. The molecule has 2 rings (SSSR count). The summed E-state index contributed by atoms with van der Waals surface area (Å²) in [5.41, 5.74) is 0. The van der Waals surface area contributed by atoms with Crippen LogP contribution >= 0.6 is 27.7 Å². The topological polar surface area (TPSA) is 41.1 Å². The Hall–Kier alpha value is -0.490. The fraction of sp³-hybridized carbons (Fsp3) is 0.667. The van der Waals surface area contributed by atoms with E-state index in [0.29, 0.717) is 16.4 Å². The summed E-state index contributed by atoms with van der Waals surface area (Å²) in [5, 5.41) is 4.44. The minimum absolute atomic E-state index is 0.637. The van der Waals surface area contributed by atoms with Gasteiger partial charge >= 0.3 is 0 Å². The third-order valence-electron chi connectivity index (χ3n) is 2.78. The normalized spacial score (nSPS) is 24.1. The first-order valence-electron chi connectivity index (χ1n) is 6.27. The number of hydrogen-bond acceptors (Lipinski definition) is 5. The molecule has 1 aliphatic rings. The third kappa shape index (κ3) is 3.29. The molecule has 2 heterocycles. The Morgan fingerprint density at radius 3 is 2.72 bits per heavy atom. The zero-order valence-electron chi connectivity index (χ0n) is 11.0. The van der Waals surface area contributed by atoms with Crippen LogP contribution < -0.4 is 10.2 Å². The minimum atomic E-state index is 0.637. The van der Waals surface area contributed by atoms with Gasteiger partial charge in [-0.15, -0.1) is 0 Å². The van der Waals surface area contributed by atoms with E-state index in [1.807, 2.05) is 24.9 Å². The highest BCUT2D eigenvalue weighted by Crippen LogP contribution is 2.31. The molecule has 100 valence electrons. The van der Waals surface area contributed by atoms with Gasteiger partial charge in [-0.25, -0.2) is 4.98 Å². The first-order chi connectivity index (χ1) is 8.60. The van der Waals surface area contributed by atoms with Crippen LogP contribution in [0.1, 0.15) is 20.8 Å². The highest BCUT2D eigenvalue weighted by molar-refractivity contribution is 9.10. The average molecular weight is 331 g/mol. The highest BCUT2D eigenvalue weighted by Gasteiger charge is 2.24. The van der Waals surface area contributed by atoms with Crippen molar-refractivity contribution in [2.75, 3.05) is 29.9 Å². The molecular weight excluding hydrogens is 312 g/mol. The van der Waals surface area contributed by atoms with Gasteiger partial charge in [0.25, 0.3) is 0 Å². The molecule has 1 fully saturated rings. The van der Waals surface area contributed by atoms with Crippen molar-refractivity contribution in [2.45, 2.75) is 31.3 Å². The van der Waals surface area contributed by atoms with Crippen molar-refractivity contribution in [2.24, 2.45) is 0 Å². The quantitative estimate of drug-likeness (QED) is 0.922. The lowest BCUT2D eigenvalue weighted by Gasteiger charge is -2.35. The van der Waals surface area contributed by atoms with Gasteiger partial charge < -0.3 is 10.2 Å². The van der Waals surface area contributed by atoms with Crippen molar-refractivity contribution < 1.29 is 0 Å². The Kier molecular flexibility index (Phi) is 4.72. The lowest BCUT2D eigenvalue weighted by molar-refractivity contribution is 0.715. The van der Waals surface area contributed by atoms with E-state index in [9.17, 15) is 0 Å². The summed E-state index contributed by atoms with van der Waals surface area (Å²) in [6.45, 7) is 9.50. The van der Waals surface area contributed by atoms with Crippen LogP contribution in [0.5, 0.6) is 0 Å². The first-order valence-corrected chi connectivity index (χ1v) is 8.00. The monoisotopic (exact) mass is 330 g/mol. The Morgan fingerprint density at radius 2 is 2.11 bits per heavy atom. The van der Waals surface area contributed by atoms with E-state index in [4.69, 9.17) is 0 Å². The summed E-state index contributed by atoms with van der Waals surface area (Å²) >= 11 is 5.60. The van der Waals surface area contributed by atoms with E-state index in [-0.39, 0.29) is 0 Å². The molecule has 0 aliphatic carbocycles. The predicted molar refractivity (Wildman–Crippen MR) is 82.6 cm³/mol. The Balaban J connectivity index is 2.22. The van der Waals surface area contributed by atoms with Crippen LogP contribution in [-0.4, -0.2) is 40.1 Å². The molecular formula is C12H19BrN4S. The number of halogens is 1. The minimum Gasteiger partial charge on any atom is -0.354 e. The van der Waals surface area contributed by atoms with E-state index >= 15 is 0 Å². The van der Waals surface area contributed by atoms with Gasteiger partial charge in [0.15, 0.2) is 0 Å².